The molecule has 4 heteroatoms. The second-order valence-corrected chi connectivity index (χ2v) is 5.41. The SMILES string of the molecule is CCNCc1cc(OC(C)C)c(Cl)cc1OC(C)C. The molecule has 1 N–H and O–H groups in total. The van der Waals surface area contributed by atoms with Crippen LogP contribution in [0.25, 0.3) is 0 Å². The monoisotopic (exact) mass is 285 g/mol. The molecule has 108 valence electrons. The van der Waals surface area contributed by atoms with Crippen LogP contribution in [-0.4, -0.2) is 18.8 Å². The van der Waals surface area contributed by atoms with Gasteiger partial charge in [0.05, 0.1) is 17.2 Å². The fourth-order valence-corrected chi connectivity index (χ4v) is 1.88. The fraction of sp³-hybridized carbons (Fsp3) is 0.600. The second-order valence-electron chi connectivity index (χ2n) is 5.00. The molecule has 0 unspecified atom stereocenters. The van der Waals surface area contributed by atoms with Gasteiger partial charge in [0.25, 0.3) is 0 Å². The quantitative estimate of drug-likeness (QED) is 0.821. The van der Waals surface area contributed by atoms with Gasteiger partial charge in [-0.3, -0.25) is 0 Å². The number of hydrogen-bond donors (Lipinski definition) is 1. The topological polar surface area (TPSA) is 30.5 Å². The van der Waals surface area contributed by atoms with Gasteiger partial charge in [0.1, 0.15) is 11.5 Å². The molecule has 0 saturated carbocycles. The average Bonchev–Trinajstić information content (AvgIpc) is 2.29. The van der Waals surface area contributed by atoms with Crippen molar-refractivity contribution >= 4 is 11.6 Å². The van der Waals surface area contributed by atoms with E-state index in [1.165, 1.54) is 0 Å². The van der Waals surface area contributed by atoms with Gasteiger partial charge in [-0.1, -0.05) is 18.5 Å². The van der Waals surface area contributed by atoms with E-state index in [1.807, 2.05) is 39.8 Å². The van der Waals surface area contributed by atoms with Gasteiger partial charge in [0.15, 0.2) is 0 Å². The van der Waals surface area contributed by atoms with Gasteiger partial charge in [-0.15, -0.1) is 0 Å². The molecule has 0 amide bonds. The predicted octanol–water partition coefficient (Wildman–Crippen LogP) is 4.02. The van der Waals surface area contributed by atoms with Gasteiger partial charge in [-0.05, 0) is 40.3 Å². The fourth-order valence-electron chi connectivity index (χ4n) is 1.68. The zero-order chi connectivity index (χ0) is 14.4. The minimum Gasteiger partial charge on any atom is -0.491 e. The lowest BCUT2D eigenvalue weighted by molar-refractivity contribution is 0.232. The van der Waals surface area contributed by atoms with Gasteiger partial charge >= 0.3 is 0 Å². The van der Waals surface area contributed by atoms with Gasteiger partial charge in [-0.25, -0.2) is 0 Å². The Morgan fingerprint density at radius 2 is 1.63 bits per heavy atom. The second kappa shape index (κ2) is 7.61. The number of benzene rings is 1. The Morgan fingerprint density at radius 1 is 1.05 bits per heavy atom. The van der Waals surface area contributed by atoms with Crippen molar-refractivity contribution in [1.29, 1.82) is 0 Å². The van der Waals surface area contributed by atoms with Crippen LogP contribution in [0.15, 0.2) is 12.1 Å². The van der Waals surface area contributed by atoms with E-state index >= 15 is 0 Å². The van der Waals surface area contributed by atoms with Crippen LogP contribution in [0.2, 0.25) is 5.02 Å². The van der Waals surface area contributed by atoms with Crippen LogP contribution in [0.4, 0.5) is 0 Å². The standard InChI is InChI=1S/C15H24ClNO2/c1-6-17-9-12-7-15(19-11(4)5)13(16)8-14(12)18-10(2)3/h7-8,10-11,17H,6,9H2,1-5H3. The molecule has 3 nitrogen and oxygen atoms in total. The van der Waals surface area contributed by atoms with Crippen LogP contribution < -0.4 is 14.8 Å². The van der Waals surface area contributed by atoms with Crippen molar-refractivity contribution in [2.75, 3.05) is 6.54 Å². The van der Waals surface area contributed by atoms with Gasteiger partial charge in [0.2, 0.25) is 0 Å². The zero-order valence-electron chi connectivity index (χ0n) is 12.4. The first kappa shape index (κ1) is 16.1. The summed E-state index contributed by atoms with van der Waals surface area (Å²) < 4.78 is 11.5. The van der Waals surface area contributed by atoms with Crippen molar-refractivity contribution in [2.45, 2.75) is 53.4 Å². The molecule has 0 aliphatic carbocycles. The van der Waals surface area contributed by atoms with Gasteiger partial charge in [0, 0.05) is 18.2 Å². The Hall–Kier alpha value is -0.930. The first-order chi connectivity index (χ1) is 8.93. The van der Waals surface area contributed by atoms with Crippen molar-refractivity contribution in [3.05, 3.63) is 22.7 Å². The maximum atomic E-state index is 6.24. The summed E-state index contributed by atoms with van der Waals surface area (Å²) in [5, 5.41) is 3.89. The van der Waals surface area contributed by atoms with E-state index in [0.29, 0.717) is 10.8 Å². The number of ether oxygens (including phenoxy) is 2. The highest BCUT2D eigenvalue weighted by Gasteiger charge is 2.13. The molecule has 0 aliphatic heterocycles. The Bertz CT molecular complexity index is 405. The van der Waals surface area contributed by atoms with E-state index in [-0.39, 0.29) is 12.2 Å². The summed E-state index contributed by atoms with van der Waals surface area (Å²) in [4.78, 5) is 0. The van der Waals surface area contributed by atoms with E-state index in [0.717, 1.165) is 24.4 Å². The molecule has 0 aliphatic rings. The van der Waals surface area contributed by atoms with E-state index in [2.05, 4.69) is 12.2 Å². The molecule has 0 aromatic heterocycles. The Kier molecular flexibility index (Phi) is 6.46. The van der Waals surface area contributed by atoms with Crippen molar-refractivity contribution in [2.24, 2.45) is 0 Å². The summed E-state index contributed by atoms with van der Waals surface area (Å²) in [7, 11) is 0. The molecule has 0 atom stereocenters. The Morgan fingerprint density at radius 3 is 2.16 bits per heavy atom. The highest BCUT2D eigenvalue weighted by molar-refractivity contribution is 6.32. The molecular weight excluding hydrogens is 262 g/mol. The smallest absolute Gasteiger partial charge is 0.138 e. The molecule has 0 bridgehead atoms. The third-order valence-electron chi connectivity index (χ3n) is 2.41. The molecule has 1 rings (SSSR count). The molecule has 0 spiro atoms. The van der Waals surface area contributed by atoms with Crippen LogP contribution in [0.5, 0.6) is 11.5 Å². The summed E-state index contributed by atoms with van der Waals surface area (Å²) in [6.07, 6.45) is 0.217. The summed E-state index contributed by atoms with van der Waals surface area (Å²) in [5.41, 5.74) is 1.07. The van der Waals surface area contributed by atoms with E-state index in [1.54, 1.807) is 0 Å². The average molecular weight is 286 g/mol. The minimum absolute atomic E-state index is 0.0985. The number of rotatable bonds is 7. The van der Waals surface area contributed by atoms with Crippen molar-refractivity contribution in [3.8, 4) is 11.5 Å². The van der Waals surface area contributed by atoms with Crippen molar-refractivity contribution in [1.82, 2.24) is 5.32 Å². The maximum Gasteiger partial charge on any atom is 0.138 e. The highest BCUT2D eigenvalue weighted by atomic mass is 35.5. The summed E-state index contributed by atoms with van der Waals surface area (Å²) >= 11 is 6.24. The lowest BCUT2D eigenvalue weighted by atomic mass is 10.1. The molecule has 1 aromatic rings. The molecule has 0 saturated heterocycles. The van der Waals surface area contributed by atoms with Crippen LogP contribution in [0.3, 0.4) is 0 Å². The first-order valence-electron chi connectivity index (χ1n) is 6.80. The highest BCUT2D eigenvalue weighted by Crippen LogP contribution is 2.33. The van der Waals surface area contributed by atoms with E-state index in [9.17, 15) is 0 Å². The van der Waals surface area contributed by atoms with Crippen LogP contribution in [0.1, 0.15) is 40.2 Å². The maximum absolute atomic E-state index is 6.24. The van der Waals surface area contributed by atoms with Crippen molar-refractivity contribution in [3.63, 3.8) is 0 Å². The molecule has 19 heavy (non-hydrogen) atoms. The number of halogens is 1. The first-order valence-corrected chi connectivity index (χ1v) is 7.18. The van der Waals surface area contributed by atoms with Crippen LogP contribution >= 0.6 is 11.6 Å². The molecule has 0 heterocycles. The van der Waals surface area contributed by atoms with Crippen LogP contribution in [0, 0.1) is 0 Å². The zero-order valence-corrected chi connectivity index (χ0v) is 13.2. The van der Waals surface area contributed by atoms with Crippen molar-refractivity contribution < 1.29 is 9.47 Å². The lowest BCUT2D eigenvalue weighted by Gasteiger charge is -2.18. The molecule has 1 aromatic carbocycles. The predicted molar refractivity (Wildman–Crippen MR) is 80.4 cm³/mol. The lowest BCUT2D eigenvalue weighted by Crippen LogP contribution is -2.15. The Balaban J connectivity index is 3.04. The minimum atomic E-state index is 0.0985. The third-order valence-corrected chi connectivity index (χ3v) is 2.70. The summed E-state index contributed by atoms with van der Waals surface area (Å²) in [6.45, 7) is 11.7. The van der Waals surface area contributed by atoms with E-state index in [4.69, 9.17) is 21.1 Å². The Labute approximate surface area is 121 Å². The molecule has 0 fully saturated rings. The molecule has 0 radical (unpaired) electrons. The summed E-state index contributed by atoms with van der Waals surface area (Å²) in [5.74, 6) is 1.53. The van der Waals surface area contributed by atoms with Crippen LogP contribution in [-0.2, 0) is 6.54 Å². The number of hydrogen-bond acceptors (Lipinski definition) is 3. The normalized spacial score (nSPS) is 11.2. The largest absolute Gasteiger partial charge is 0.491 e. The number of nitrogens with one attached hydrogen (secondary N) is 1. The van der Waals surface area contributed by atoms with Gasteiger partial charge < -0.3 is 14.8 Å². The summed E-state index contributed by atoms with van der Waals surface area (Å²) in [6, 6.07) is 3.80. The third kappa shape index (κ3) is 5.29. The van der Waals surface area contributed by atoms with Gasteiger partial charge in [-0.2, -0.15) is 0 Å². The molecular formula is C15H24ClNO2. The van der Waals surface area contributed by atoms with E-state index < -0.39 is 0 Å².